The van der Waals surface area contributed by atoms with Crippen molar-refractivity contribution in [2.45, 2.75) is 31.3 Å². The Kier molecular flexibility index (Phi) is 6.22. The molecule has 1 heterocycles. The molecule has 1 aromatic heterocycles. The van der Waals surface area contributed by atoms with Crippen molar-refractivity contribution in [3.8, 4) is 0 Å². The van der Waals surface area contributed by atoms with Crippen molar-refractivity contribution in [3.05, 3.63) is 47.9 Å². The largest absolute Gasteiger partial charge is 0.468 e. The number of hydrogen-bond donors (Lipinski definition) is 1. The second-order valence-electron chi connectivity index (χ2n) is 6.42. The van der Waals surface area contributed by atoms with Crippen LogP contribution in [-0.4, -0.2) is 50.7 Å². The minimum atomic E-state index is -3.56. The molecule has 2 rings (SSSR count). The van der Waals surface area contributed by atoms with Crippen molar-refractivity contribution in [1.29, 1.82) is 0 Å². The Morgan fingerprint density at radius 2 is 1.92 bits per heavy atom. The molecular weight excluding hydrogens is 354 g/mol. The number of benzene rings is 1. The predicted molar refractivity (Wildman–Crippen MR) is 100 cm³/mol. The predicted octanol–water partition coefficient (Wildman–Crippen LogP) is 2.30. The van der Waals surface area contributed by atoms with Crippen LogP contribution in [0.4, 0.5) is 5.69 Å². The second kappa shape index (κ2) is 8.03. The molecule has 1 atom stereocenters. The van der Waals surface area contributed by atoms with Gasteiger partial charge in [0.15, 0.2) is 0 Å². The van der Waals surface area contributed by atoms with Gasteiger partial charge in [0.05, 0.1) is 23.7 Å². The van der Waals surface area contributed by atoms with E-state index in [-0.39, 0.29) is 10.8 Å². The van der Waals surface area contributed by atoms with Crippen LogP contribution in [0.1, 0.15) is 18.2 Å². The summed E-state index contributed by atoms with van der Waals surface area (Å²) in [6.07, 6.45) is 1.59. The van der Waals surface area contributed by atoms with Crippen LogP contribution in [0.5, 0.6) is 0 Å². The second-order valence-corrected chi connectivity index (χ2v) is 8.58. The van der Waals surface area contributed by atoms with Gasteiger partial charge in [-0.25, -0.2) is 12.7 Å². The number of furan rings is 1. The summed E-state index contributed by atoms with van der Waals surface area (Å²) in [6, 6.07) is 7.93. The fourth-order valence-corrected chi connectivity index (χ4v) is 3.26. The summed E-state index contributed by atoms with van der Waals surface area (Å²) in [5.41, 5.74) is 1.27. The summed E-state index contributed by atoms with van der Waals surface area (Å²) < 4.78 is 31.0. The SMILES string of the molecule is Cc1ccc(S(=O)(=O)N(C)C)cc1NC(=O)C(C)N(C)Cc1ccco1. The number of likely N-dealkylation sites (N-methyl/N-ethyl adjacent to an activating group) is 1. The number of nitrogens with one attached hydrogen (secondary N) is 1. The summed E-state index contributed by atoms with van der Waals surface area (Å²) in [6.45, 7) is 4.10. The van der Waals surface area contributed by atoms with Gasteiger partial charge >= 0.3 is 0 Å². The fourth-order valence-electron chi connectivity index (χ4n) is 2.33. The number of aryl methyl sites for hydroxylation is 1. The molecule has 1 N–H and O–H groups in total. The normalized spacial score (nSPS) is 13.2. The zero-order valence-electron chi connectivity index (χ0n) is 15.7. The highest BCUT2D eigenvalue weighted by molar-refractivity contribution is 7.89. The van der Waals surface area contributed by atoms with Gasteiger partial charge in [0.25, 0.3) is 0 Å². The fraction of sp³-hybridized carbons (Fsp3) is 0.389. The maximum atomic E-state index is 12.6. The van der Waals surface area contributed by atoms with Crippen LogP contribution in [0.2, 0.25) is 0 Å². The van der Waals surface area contributed by atoms with Gasteiger partial charge in [-0.3, -0.25) is 9.69 Å². The molecule has 0 bridgehead atoms. The van der Waals surface area contributed by atoms with Gasteiger partial charge in [-0.05, 0) is 50.7 Å². The maximum Gasteiger partial charge on any atom is 0.242 e. The highest BCUT2D eigenvalue weighted by Crippen LogP contribution is 2.22. The van der Waals surface area contributed by atoms with Crippen molar-refractivity contribution in [2.24, 2.45) is 0 Å². The quantitative estimate of drug-likeness (QED) is 0.798. The molecule has 8 heteroatoms. The van der Waals surface area contributed by atoms with Crippen molar-refractivity contribution >= 4 is 21.6 Å². The van der Waals surface area contributed by atoms with Crippen LogP contribution in [0.3, 0.4) is 0 Å². The Bertz CT molecular complexity index is 861. The molecule has 0 spiro atoms. The maximum absolute atomic E-state index is 12.6. The van der Waals surface area contributed by atoms with Crippen molar-refractivity contribution in [2.75, 3.05) is 26.5 Å². The highest BCUT2D eigenvalue weighted by atomic mass is 32.2. The minimum Gasteiger partial charge on any atom is -0.468 e. The van der Waals surface area contributed by atoms with Crippen LogP contribution in [-0.2, 0) is 21.4 Å². The Labute approximate surface area is 154 Å². The van der Waals surface area contributed by atoms with E-state index in [9.17, 15) is 13.2 Å². The first-order valence-electron chi connectivity index (χ1n) is 8.19. The number of anilines is 1. The first kappa shape index (κ1) is 20.2. The van der Waals surface area contributed by atoms with E-state index in [0.717, 1.165) is 15.6 Å². The average molecular weight is 379 g/mol. The van der Waals surface area contributed by atoms with Crippen LogP contribution >= 0.6 is 0 Å². The summed E-state index contributed by atoms with van der Waals surface area (Å²) in [7, 11) is 1.21. The number of nitrogens with zero attached hydrogens (tertiary/aromatic N) is 2. The van der Waals surface area contributed by atoms with Crippen LogP contribution in [0, 0.1) is 6.92 Å². The lowest BCUT2D eigenvalue weighted by molar-refractivity contribution is -0.120. The molecule has 7 nitrogen and oxygen atoms in total. The molecule has 1 aromatic carbocycles. The van der Waals surface area contributed by atoms with E-state index in [1.165, 1.54) is 26.2 Å². The van der Waals surface area contributed by atoms with Crippen molar-refractivity contribution in [3.63, 3.8) is 0 Å². The number of carbonyl (C=O) groups excluding carboxylic acids is 1. The van der Waals surface area contributed by atoms with Gasteiger partial charge in [0, 0.05) is 19.8 Å². The standard InChI is InChI=1S/C18H25N3O4S/c1-13-8-9-16(26(23,24)20(3)4)11-17(13)19-18(22)14(2)21(5)12-15-7-6-10-25-15/h6-11,14H,12H2,1-5H3,(H,19,22). The molecule has 26 heavy (non-hydrogen) atoms. The van der Waals surface area contributed by atoms with E-state index in [4.69, 9.17) is 4.42 Å². The Hall–Kier alpha value is -2.16. The molecular formula is C18H25N3O4S. The Morgan fingerprint density at radius 1 is 1.23 bits per heavy atom. The van der Waals surface area contributed by atoms with E-state index < -0.39 is 16.1 Å². The summed E-state index contributed by atoms with van der Waals surface area (Å²) in [5, 5.41) is 2.83. The van der Waals surface area contributed by atoms with E-state index in [2.05, 4.69) is 5.32 Å². The molecule has 2 aromatic rings. The first-order chi connectivity index (χ1) is 12.1. The molecule has 0 aliphatic rings. The molecule has 1 amide bonds. The lowest BCUT2D eigenvalue weighted by atomic mass is 10.2. The Morgan fingerprint density at radius 3 is 2.50 bits per heavy atom. The van der Waals surface area contributed by atoms with Gasteiger partial charge in [-0.2, -0.15) is 0 Å². The number of hydrogen-bond acceptors (Lipinski definition) is 5. The van der Waals surface area contributed by atoms with Crippen LogP contribution < -0.4 is 5.32 Å². The monoisotopic (exact) mass is 379 g/mol. The van der Waals surface area contributed by atoms with E-state index in [0.29, 0.717) is 12.2 Å². The van der Waals surface area contributed by atoms with Gasteiger partial charge in [0.2, 0.25) is 15.9 Å². The van der Waals surface area contributed by atoms with Gasteiger partial charge in [-0.1, -0.05) is 6.07 Å². The third kappa shape index (κ3) is 4.51. The highest BCUT2D eigenvalue weighted by Gasteiger charge is 2.22. The molecule has 0 radical (unpaired) electrons. The molecule has 0 aliphatic heterocycles. The molecule has 0 saturated heterocycles. The first-order valence-corrected chi connectivity index (χ1v) is 9.63. The molecule has 0 aliphatic carbocycles. The van der Waals surface area contributed by atoms with Crippen molar-refractivity contribution < 1.29 is 17.6 Å². The van der Waals surface area contributed by atoms with E-state index in [1.807, 2.05) is 24.9 Å². The van der Waals surface area contributed by atoms with E-state index in [1.54, 1.807) is 25.3 Å². The summed E-state index contributed by atoms with van der Waals surface area (Å²) in [4.78, 5) is 14.6. The number of sulfonamides is 1. The molecule has 142 valence electrons. The lowest BCUT2D eigenvalue weighted by Crippen LogP contribution is -2.39. The topological polar surface area (TPSA) is 82.9 Å². The zero-order chi connectivity index (χ0) is 19.5. The number of amides is 1. The van der Waals surface area contributed by atoms with Gasteiger partial charge < -0.3 is 9.73 Å². The summed E-state index contributed by atoms with van der Waals surface area (Å²) in [5.74, 6) is 0.545. The third-order valence-electron chi connectivity index (χ3n) is 4.27. The van der Waals surface area contributed by atoms with Crippen LogP contribution in [0.25, 0.3) is 0 Å². The van der Waals surface area contributed by atoms with Gasteiger partial charge in [-0.15, -0.1) is 0 Å². The number of carbonyl (C=O) groups is 1. The minimum absolute atomic E-state index is 0.139. The van der Waals surface area contributed by atoms with Crippen molar-refractivity contribution in [1.82, 2.24) is 9.21 Å². The molecule has 0 fully saturated rings. The lowest BCUT2D eigenvalue weighted by Gasteiger charge is -2.23. The third-order valence-corrected chi connectivity index (χ3v) is 6.08. The molecule has 1 unspecified atom stereocenters. The van der Waals surface area contributed by atoms with Crippen LogP contribution in [0.15, 0.2) is 45.9 Å². The van der Waals surface area contributed by atoms with Gasteiger partial charge in [0.1, 0.15) is 5.76 Å². The smallest absolute Gasteiger partial charge is 0.242 e. The molecule has 0 saturated carbocycles. The summed E-state index contributed by atoms with van der Waals surface area (Å²) >= 11 is 0. The zero-order valence-corrected chi connectivity index (χ0v) is 16.5. The van der Waals surface area contributed by atoms with E-state index >= 15 is 0 Å². The Balaban J connectivity index is 2.15. The average Bonchev–Trinajstić information content (AvgIpc) is 3.08. The number of rotatable bonds is 7.